The predicted octanol–water partition coefficient (Wildman–Crippen LogP) is 5.18. The van der Waals surface area contributed by atoms with Gasteiger partial charge in [-0.2, -0.15) is 0 Å². The highest BCUT2D eigenvalue weighted by atomic mass is 35.5. The highest BCUT2D eigenvalue weighted by Gasteiger charge is 2.27. The van der Waals surface area contributed by atoms with E-state index in [2.05, 4.69) is 5.32 Å². The third-order valence-electron chi connectivity index (χ3n) is 5.13. The molecule has 0 unspecified atom stereocenters. The SMILES string of the molecule is CC[C@@H](C)NC(=O)[C@@H](C)N(Cc1ccccc1C)C(=O)Cc1ccc(Cl)cc1Cl. The molecule has 29 heavy (non-hydrogen) atoms. The summed E-state index contributed by atoms with van der Waals surface area (Å²) in [6, 6.07) is 12.4. The molecule has 0 spiro atoms. The van der Waals surface area contributed by atoms with Gasteiger partial charge in [0.05, 0.1) is 6.42 Å². The van der Waals surface area contributed by atoms with E-state index in [0.29, 0.717) is 22.2 Å². The van der Waals surface area contributed by atoms with Crippen molar-refractivity contribution in [3.05, 3.63) is 69.2 Å². The fraction of sp³-hybridized carbons (Fsp3) is 0.391. The molecule has 2 aromatic rings. The van der Waals surface area contributed by atoms with Crippen LogP contribution in [0.5, 0.6) is 0 Å². The summed E-state index contributed by atoms with van der Waals surface area (Å²) in [4.78, 5) is 27.6. The van der Waals surface area contributed by atoms with Crippen LogP contribution in [0.4, 0.5) is 0 Å². The van der Waals surface area contributed by atoms with E-state index < -0.39 is 6.04 Å². The standard InChI is InChI=1S/C23H28Cl2N2O2/c1-5-16(3)26-23(29)17(4)27(14-19-9-7-6-8-15(19)2)22(28)12-18-10-11-20(24)13-21(18)25/h6-11,13,16-17H,5,12,14H2,1-4H3,(H,26,29)/t16-,17-/m1/s1. The van der Waals surface area contributed by atoms with Crippen molar-refractivity contribution in [3.8, 4) is 0 Å². The number of benzene rings is 2. The molecule has 0 bridgehead atoms. The first-order valence-electron chi connectivity index (χ1n) is 9.81. The van der Waals surface area contributed by atoms with E-state index in [0.717, 1.165) is 17.5 Å². The van der Waals surface area contributed by atoms with Gasteiger partial charge in [-0.25, -0.2) is 0 Å². The lowest BCUT2D eigenvalue weighted by Crippen LogP contribution is -2.50. The van der Waals surface area contributed by atoms with Crippen LogP contribution >= 0.6 is 23.2 Å². The first-order valence-corrected chi connectivity index (χ1v) is 10.6. The Kier molecular flexibility index (Phi) is 8.54. The summed E-state index contributed by atoms with van der Waals surface area (Å²) >= 11 is 12.2. The summed E-state index contributed by atoms with van der Waals surface area (Å²) in [7, 11) is 0. The van der Waals surface area contributed by atoms with Crippen LogP contribution in [0, 0.1) is 6.92 Å². The van der Waals surface area contributed by atoms with Gasteiger partial charge in [-0.05, 0) is 56.0 Å². The highest BCUT2D eigenvalue weighted by molar-refractivity contribution is 6.35. The molecule has 156 valence electrons. The fourth-order valence-corrected chi connectivity index (χ4v) is 3.42. The zero-order valence-corrected chi connectivity index (χ0v) is 18.8. The molecule has 6 heteroatoms. The molecule has 2 amide bonds. The number of aryl methyl sites for hydroxylation is 1. The van der Waals surface area contributed by atoms with Crippen molar-refractivity contribution < 1.29 is 9.59 Å². The summed E-state index contributed by atoms with van der Waals surface area (Å²) in [6.45, 7) is 8.07. The Hall–Kier alpha value is -2.04. The van der Waals surface area contributed by atoms with Gasteiger partial charge in [0.2, 0.25) is 11.8 Å². The Morgan fingerprint density at radius 1 is 1.07 bits per heavy atom. The van der Waals surface area contributed by atoms with E-state index in [4.69, 9.17) is 23.2 Å². The van der Waals surface area contributed by atoms with Crippen LogP contribution in [0.25, 0.3) is 0 Å². The number of nitrogens with one attached hydrogen (secondary N) is 1. The van der Waals surface area contributed by atoms with Crippen LogP contribution in [-0.2, 0) is 22.6 Å². The maximum absolute atomic E-state index is 13.2. The molecule has 0 heterocycles. The van der Waals surface area contributed by atoms with Gasteiger partial charge in [-0.1, -0.05) is 60.5 Å². The number of halogens is 2. The zero-order chi connectivity index (χ0) is 21.6. The Morgan fingerprint density at radius 2 is 1.76 bits per heavy atom. The third kappa shape index (κ3) is 6.48. The minimum absolute atomic E-state index is 0.0473. The van der Waals surface area contributed by atoms with Crippen molar-refractivity contribution in [3.63, 3.8) is 0 Å². The molecule has 4 nitrogen and oxygen atoms in total. The van der Waals surface area contributed by atoms with Crippen LogP contribution in [0.15, 0.2) is 42.5 Å². The largest absolute Gasteiger partial charge is 0.352 e. The minimum atomic E-state index is -0.609. The summed E-state index contributed by atoms with van der Waals surface area (Å²) in [6.07, 6.45) is 0.924. The number of amides is 2. The molecule has 0 saturated carbocycles. The summed E-state index contributed by atoms with van der Waals surface area (Å²) in [5.74, 6) is -0.326. The van der Waals surface area contributed by atoms with Crippen LogP contribution in [0.2, 0.25) is 10.0 Å². The van der Waals surface area contributed by atoms with Crippen LogP contribution < -0.4 is 5.32 Å². The first-order chi connectivity index (χ1) is 13.7. The Bertz CT molecular complexity index is 870. The molecule has 0 fully saturated rings. The zero-order valence-electron chi connectivity index (χ0n) is 17.3. The van der Waals surface area contributed by atoms with E-state index in [1.807, 2.05) is 45.0 Å². The average Bonchev–Trinajstić information content (AvgIpc) is 2.68. The van der Waals surface area contributed by atoms with Crippen LogP contribution in [0.1, 0.15) is 43.9 Å². The molecule has 0 radical (unpaired) electrons. The van der Waals surface area contributed by atoms with Crippen LogP contribution in [0.3, 0.4) is 0 Å². The van der Waals surface area contributed by atoms with Gasteiger partial charge in [0.15, 0.2) is 0 Å². The highest BCUT2D eigenvalue weighted by Crippen LogP contribution is 2.23. The normalized spacial score (nSPS) is 12.9. The lowest BCUT2D eigenvalue weighted by atomic mass is 10.1. The fourth-order valence-electron chi connectivity index (χ4n) is 2.95. The van der Waals surface area contributed by atoms with Crippen molar-refractivity contribution in [2.24, 2.45) is 0 Å². The van der Waals surface area contributed by atoms with E-state index in [1.165, 1.54) is 0 Å². The molecule has 0 aliphatic rings. The maximum atomic E-state index is 13.2. The Balaban J connectivity index is 2.28. The van der Waals surface area contributed by atoms with E-state index in [1.54, 1.807) is 30.0 Å². The molecule has 2 aromatic carbocycles. The van der Waals surface area contributed by atoms with Gasteiger partial charge in [0.1, 0.15) is 6.04 Å². The van der Waals surface area contributed by atoms with Crippen molar-refractivity contribution in [2.45, 2.75) is 59.2 Å². The molecule has 0 aliphatic heterocycles. The quantitative estimate of drug-likeness (QED) is 0.622. The summed E-state index contributed by atoms with van der Waals surface area (Å²) in [5.41, 5.74) is 2.76. The number of carbonyl (C=O) groups is 2. The van der Waals surface area contributed by atoms with E-state index in [-0.39, 0.29) is 24.3 Å². The third-order valence-corrected chi connectivity index (χ3v) is 5.71. The molecular weight excluding hydrogens is 407 g/mol. The second kappa shape index (κ2) is 10.7. The second-order valence-corrected chi connectivity index (χ2v) is 8.20. The molecule has 1 N–H and O–H groups in total. The van der Waals surface area contributed by atoms with Gasteiger partial charge in [0.25, 0.3) is 0 Å². The number of hydrogen-bond donors (Lipinski definition) is 1. The molecule has 0 aliphatic carbocycles. The molecule has 2 rings (SSSR count). The molecule has 2 atom stereocenters. The van der Waals surface area contributed by atoms with Crippen LogP contribution in [-0.4, -0.2) is 28.8 Å². The summed E-state index contributed by atoms with van der Waals surface area (Å²) < 4.78 is 0. The number of hydrogen-bond acceptors (Lipinski definition) is 2. The smallest absolute Gasteiger partial charge is 0.242 e. The van der Waals surface area contributed by atoms with Gasteiger partial charge in [-0.3, -0.25) is 9.59 Å². The first kappa shape index (κ1) is 23.2. The van der Waals surface area contributed by atoms with Gasteiger partial charge in [0, 0.05) is 22.6 Å². The number of rotatable bonds is 8. The maximum Gasteiger partial charge on any atom is 0.242 e. The van der Waals surface area contributed by atoms with E-state index >= 15 is 0 Å². The van der Waals surface area contributed by atoms with E-state index in [9.17, 15) is 9.59 Å². The molecule has 0 aromatic heterocycles. The lowest BCUT2D eigenvalue weighted by molar-refractivity contribution is -0.140. The van der Waals surface area contributed by atoms with Gasteiger partial charge >= 0.3 is 0 Å². The Labute approximate surface area is 183 Å². The van der Waals surface area contributed by atoms with Gasteiger partial charge in [-0.15, -0.1) is 0 Å². The van der Waals surface area contributed by atoms with Crippen molar-refractivity contribution in [1.29, 1.82) is 0 Å². The molecule has 0 saturated heterocycles. The second-order valence-electron chi connectivity index (χ2n) is 7.35. The van der Waals surface area contributed by atoms with Crippen molar-refractivity contribution >= 4 is 35.0 Å². The number of carbonyl (C=O) groups excluding carboxylic acids is 2. The average molecular weight is 435 g/mol. The van der Waals surface area contributed by atoms with Gasteiger partial charge < -0.3 is 10.2 Å². The monoisotopic (exact) mass is 434 g/mol. The Morgan fingerprint density at radius 3 is 2.38 bits per heavy atom. The molecular formula is C23H28Cl2N2O2. The van der Waals surface area contributed by atoms with Crippen molar-refractivity contribution in [2.75, 3.05) is 0 Å². The minimum Gasteiger partial charge on any atom is -0.352 e. The summed E-state index contributed by atoms with van der Waals surface area (Å²) in [5, 5.41) is 3.93. The topological polar surface area (TPSA) is 49.4 Å². The lowest BCUT2D eigenvalue weighted by Gasteiger charge is -2.30. The predicted molar refractivity (Wildman–Crippen MR) is 119 cm³/mol. The van der Waals surface area contributed by atoms with Crippen molar-refractivity contribution in [1.82, 2.24) is 10.2 Å². The number of nitrogens with zero attached hydrogens (tertiary/aromatic N) is 1.